The Bertz CT molecular complexity index is 652. The Hall–Kier alpha value is -1.05. The third-order valence-electron chi connectivity index (χ3n) is 4.89. The number of hydrogen-bond donors (Lipinski definition) is 0. The zero-order valence-corrected chi connectivity index (χ0v) is 13.9. The molecule has 0 N–H and O–H groups in total. The van der Waals surface area contributed by atoms with Crippen LogP contribution in [0.15, 0.2) is 23.1 Å². The van der Waals surface area contributed by atoms with Gasteiger partial charge < -0.3 is 0 Å². The van der Waals surface area contributed by atoms with Crippen LogP contribution in [0, 0.1) is 11.6 Å². The van der Waals surface area contributed by atoms with Gasteiger partial charge in [-0.25, -0.2) is 17.2 Å². The second kappa shape index (κ2) is 6.83. The fraction of sp³-hybridized carbons (Fsp3) is 0.625. The van der Waals surface area contributed by atoms with E-state index in [-0.39, 0.29) is 4.90 Å². The van der Waals surface area contributed by atoms with E-state index in [1.165, 1.54) is 36.4 Å². The van der Waals surface area contributed by atoms with E-state index in [1.807, 2.05) is 0 Å². The van der Waals surface area contributed by atoms with E-state index in [0.29, 0.717) is 32.2 Å². The third kappa shape index (κ3) is 3.56. The molecule has 0 spiro atoms. The molecule has 1 heterocycles. The van der Waals surface area contributed by atoms with E-state index in [9.17, 15) is 17.2 Å². The molecule has 0 amide bonds. The van der Waals surface area contributed by atoms with E-state index in [0.717, 1.165) is 18.2 Å². The Balaban J connectivity index is 1.67. The van der Waals surface area contributed by atoms with Gasteiger partial charge in [-0.05, 0) is 31.0 Å². The number of rotatable bonds is 3. The molecule has 2 aliphatic rings. The maximum Gasteiger partial charge on any atom is 0.243 e. The monoisotopic (exact) mass is 344 g/mol. The van der Waals surface area contributed by atoms with E-state index >= 15 is 0 Å². The molecular formula is C16H22F2N2O2S. The molecule has 3 rings (SSSR count). The zero-order chi connectivity index (χ0) is 16.4. The first-order valence-corrected chi connectivity index (χ1v) is 9.62. The molecule has 0 bridgehead atoms. The minimum Gasteiger partial charge on any atom is -0.298 e. The molecule has 0 atom stereocenters. The average molecular weight is 344 g/mol. The van der Waals surface area contributed by atoms with Crippen LogP contribution in [0.5, 0.6) is 0 Å². The molecule has 1 aliphatic heterocycles. The fourth-order valence-electron chi connectivity index (χ4n) is 3.54. The van der Waals surface area contributed by atoms with Crippen LogP contribution in [-0.4, -0.2) is 49.8 Å². The quantitative estimate of drug-likeness (QED) is 0.846. The molecular weight excluding hydrogens is 322 g/mol. The molecule has 128 valence electrons. The molecule has 1 aromatic carbocycles. The van der Waals surface area contributed by atoms with E-state index in [1.54, 1.807) is 0 Å². The first kappa shape index (κ1) is 16.8. The summed E-state index contributed by atoms with van der Waals surface area (Å²) < 4.78 is 52.8. The van der Waals surface area contributed by atoms with Gasteiger partial charge in [-0.15, -0.1) is 0 Å². The Morgan fingerprint density at radius 3 is 2.17 bits per heavy atom. The summed E-state index contributed by atoms with van der Waals surface area (Å²) in [5, 5.41) is 0. The van der Waals surface area contributed by atoms with Gasteiger partial charge in [0, 0.05) is 32.2 Å². The van der Waals surface area contributed by atoms with Crippen molar-refractivity contribution >= 4 is 10.0 Å². The molecule has 1 aromatic rings. The van der Waals surface area contributed by atoms with Gasteiger partial charge in [-0.3, -0.25) is 4.90 Å². The minimum absolute atomic E-state index is 0.178. The summed E-state index contributed by atoms with van der Waals surface area (Å²) in [6.45, 7) is 2.21. The van der Waals surface area contributed by atoms with Crippen molar-refractivity contribution in [3.05, 3.63) is 29.8 Å². The largest absolute Gasteiger partial charge is 0.298 e. The predicted molar refractivity (Wildman–Crippen MR) is 83.6 cm³/mol. The smallest absolute Gasteiger partial charge is 0.243 e. The lowest BCUT2D eigenvalue weighted by atomic mass is 9.94. The highest BCUT2D eigenvalue weighted by Crippen LogP contribution is 2.25. The molecule has 0 unspecified atom stereocenters. The second-order valence-corrected chi connectivity index (χ2v) is 8.25. The number of nitrogens with zero attached hydrogens (tertiary/aromatic N) is 2. The van der Waals surface area contributed by atoms with Crippen molar-refractivity contribution in [3.63, 3.8) is 0 Å². The summed E-state index contributed by atoms with van der Waals surface area (Å²) in [5.74, 6) is -2.17. The third-order valence-corrected chi connectivity index (χ3v) is 6.79. The summed E-state index contributed by atoms with van der Waals surface area (Å²) in [6.07, 6.45) is 6.17. The van der Waals surface area contributed by atoms with Crippen LogP contribution in [0.3, 0.4) is 0 Å². The van der Waals surface area contributed by atoms with Crippen LogP contribution in [-0.2, 0) is 10.0 Å². The molecule has 2 fully saturated rings. The zero-order valence-electron chi connectivity index (χ0n) is 13.0. The van der Waals surface area contributed by atoms with E-state index < -0.39 is 21.7 Å². The highest BCUT2D eigenvalue weighted by atomic mass is 32.2. The SMILES string of the molecule is O=S(=O)(c1ccc(F)c(F)c1)N1CCN(C2CCCCC2)CC1. The average Bonchev–Trinajstić information content (AvgIpc) is 2.58. The molecule has 0 aromatic heterocycles. The minimum atomic E-state index is -3.76. The van der Waals surface area contributed by atoms with Gasteiger partial charge in [0.15, 0.2) is 11.6 Å². The Morgan fingerprint density at radius 1 is 0.913 bits per heavy atom. The van der Waals surface area contributed by atoms with E-state index in [2.05, 4.69) is 4.90 Å². The van der Waals surface area contributed by atoms with Crippen LogP contribution in [0.2, 0.25) is 0 Å². The summed E-state index contributed by atoms with van der Waals surface area (Å²) in [4.78, 5) is 2.19. The van der Waals surface area contributed by atoms with Gasteiger partial charge in [0.1, 0.15) is 0 Å². The highest BCUT2D eigenvalue weighted by Gasteiger charge is 2.31. The molecule has 23 heavy (non-hydrogen) atoms. The normalized spacial score (nSPS) is 22.3. The summed E-state index contributed by atoms with van der Waals surface area (Å²) in [6, 6.07) is 3.32. The van der Waals surface area contributed by atoms with E-state index in [4.69, 9.17) is 0 Å². The number of sulfonamides is 1. The molecule has 7 heteroatoms. The number of hydrogen-bond acceptors (Lipinski definition) is 3. The molecule has 1 saturated carbocycles. The number of halogens is 2. The highest BCUT2D eigenvalue weighted by molar-refractivity contribution is 7.89. The van der Waals surface area contributed by atoms with Gasteiger partial charge in [-0.2, -0.15) is 4.31 Å². The lowest BCUT2D eigenvalue weighted by molar-refractivity contribution is 0.111. The van der Waals surface area contributed by atoms with Crippen molar-refractivity contribution in [1.29, 1.82) is 0 Å². The predicted octanol–water partition coefficient (Wildman–Crippen LogP) is 2.60. The number of benzene rings is 1. The van der Waals surface area contributed by atoms with Crippen molar-refractivity contribution in [2.75, 3.05) is 26.2 Å². The fourth-order valence-corrected chi connectivity index (χ4v) is 4.98. The van der Waals surface area contributed by atoms with Crippen molar-refractivity contribution in [2.24, 2.45) is 0 Å². The first-order chi connectivity index (χ1) is 11.0. The Kier molecular flexibility index (Phi) is 4.98. The van der Waals surface area contributed by atoms with Crippen molar-refractivity contribution < 1.29 is 17.2 Å². The van der Waals surface area contributed by atoms with Crippen molar-refractivity contribution in [3.8, 4) is 0 Å². The maximum absolute atomic E-state index is 13.3. The standard InChI is InChI=1S/C16H22F2N2O2S/c17-15-7-6-14(12-16(15)18)23(21,22)20-10-8-19(9-11-20)13-4-2-1-3-5-13/h6-7,12-13H,1-5,8-11H2. The number of piperazine rings is 1. The maximum atomic E-state index is 13.3. The van der Waals surface area contributed by atoms with Gasteiger partial charge in [0.05, 0.1) is 4.90 Å². The van der Waals surface area contributed by atoms with Crippen LogP contribution < -0.4 is 0 Å². The van der Waals surface area contributed by atoms with Gasteiger partial charge in [0.2, 0.25) is 10.0 Å². The molecule has 0 radical (unpaired) electrons. The summed E-state index contributed by atoms with van der Waals surface area (Å²) >= 11 is 0. The van der Waals surface area contributed by atoms with Gasteiger partial charge in [0.25, 0.3) is 0 Å². The van der Waals surface area contributed by atoms with Gasteiger partial charge in [-0.1, -0.05) is 19.3 Å². The van der Waals surface area contributed by atoms with Crippen LogP contribution in [0.25, 0.3) is 0 Å². The molecule has 4 nitrogen and oxygen atoms in total. The topological polar surface area (TPSA) is 40.6 Å². The van der Waals surface area contributed by atoms with Crippen LogP contribution in [0.1, 0.15) is 32.1 Å². The molecule has 1 saturated heterocycles. The second-order valence-electron chi connectivity index (χ2n) is 6.31. The molecule has 1 aliphatic carbocycles. The first-order valence-electron chi connectivity index (χ1n) is 8.18. The Morgan fingerprint density at radius 2 is 1.57 bits per heavy atom. The van der Waals surface area contributed by atoms with Gasteiger partial charge >= 0.3 is 0 Å². The van der Waals surface area contributed by atoms with Crippen molar-refractivity contribution in [2.45, 2.75) is 43.0 Å². The van der Waals surface area contributed by atoms with Crippen molar-refractivity contribution in [1.82, 2.24) is 9.21 Å². The summed E-state index contributed by atoms with van der Waals surface area (Å²) in [7, 11) is -3.76. The summed E-state index contributed by atoms with van der Waals surface area (Å²) in [5.41, 5.74) is 0. The lowest BCUT2D eigenvalue weighted by Crippen LogP contribution is -2.52. The van der Waals surface area contributed by atoms with Crippen LogP contribution in [0.4, 0.5) is 8.78 Å². The lowest BCUT2D eigenvalue weighted by Gasteiger charge is -2.40. The Labute approximate surface area is 136 Å². The van der Waals surface area contributed by atoms with Crippen LogP contribution >= 0.6 is 0 Å².